The van der Waals surface area contributed by atoms with Crippen LogP contribution in [0.15, 0.2) is 69.9 Å². The minimum absolute atomic E-state index is 0.0163. The molecule has 0 bridgehead atoms. The van der Waals surface area contributed by atoms with E-state index in [1.54, 1.807) is 53.8 Å². The topological polar surface area (TPSA) is 75.7 Å². The van der Waals surface area contributed by atoms with Crippen molar-refractivity contribution in [2.45, 2.75) is 25.9 Å². The van der Waals surface area contributed by atoms with Crippen molar-refractivity contribution in [3.05, 3.63) is 78.1 Å². The Labute approximate surface area is 156 Å². The Kier molecular flexibility index (Phi) is 4.78. The number of anilines is 1. The highest BCUT2D eigenvalue weighted by atomic mass is 16.3. The van der Waals surface area contributed by atoms with Gasteiger partial charge < -0.3 is 19.1 Å². The number of rotatable bonds is 7. The van der Waals surface area contributed by atoms with Gasteiger partial charge in [0.1, 0.15) is 11.5 Å². The molecule has 2 amide bonds. The van der Waals surface area contributed by atoms with E-state index in [0.717, 1.165) is 12.8 Å². The molecule has 138 valence electrons. The number of nitrogens with zero attached hydrogens (tertiary/aromatic N) is 1. The summed E-state index contributed by atoms with van der Waals surface area (Å²) in [6, 6.07) is 14.3. The molecule has 6 heteroatoms. The van der Waals surface area contributed by atoms with Crippen molar-refractivity contribution in [2.75, 3.05) is 5.32 Å². The third-order valence-corrected chi connectivity index (χ3v) is 4.47. The van der Waals surface area contributed by atoms with Gasteiger partial charge in [-0.2, -0.15) is 0 Å². The summed E-state index contributed by atoms with van der Waals surface area (Å²) in [4.78, 5) is 26.7. The molecule has 0 saturated heterocycles. The standard InChI is InChI=1S/C21H20N2O4/c24-20(15-8-9-15)22-17-5-1-4-16(12-17)21(25)23(13-18-6-2-10-26-18)14-19-7-3-11-27-19/h1-7,10-12,15H,8-9,13-14H2,(H,22,24). The fourth-order valence-electron chi connectivity index (χ4n) is 2.88. The van der Waals surface area contributed by atoms with E-state index in [0.29, 0.717) is 35.9 Å². The zero-order valence-corrected chi connectivity index (χ0v) is 14.8. The first kappa shape index (κ1) is 17.1. The minimum atomic E-state index is -0.162. The van der Waals surface area contributed by atoms with Crippen LogP contribution in [0, 0.1) is 5.92 Å². The van der Waals surface area contributed by atoms with Gasteiger partial charge in [-0.25, -0.2) is 0 Å². The molecule has 0 aliphatic heterocycles. The molecule has 0 unspecified atom stereocenters. The Morgan fingerprint density at radius 3 is 2.19 bits per heavy atom. The van der Waals surface area contributed by atoms with Gasteiger partial charge in [-0.3, -0.25) is 9.59 Å². The van der Waals surface area contributed by atoms with E-state index in [1.165, 1.54) is 0 Å². The van der Waals surface area contributed by atoms with Gasteiger partial charge in [-0.05, 0) is 55.3 Å². The Morgan fingerprint density at radius 1 is 0.963 bits per heavy atom. The third kappa shape index (κ3) is 4.28. The van der Waals surface area contributed by atoms with Crippen LogP contribution in [0.5, 0.6) is 0 Å². The lowest BCUT2D eigenvalue weighted by atomic mass is 10.1. The van der Waals surface area contributed by atoms with Crippen molar-refractivity contribution in [1.82, 2.24) is 4.90 Å². The second-order valence-electron chi connectivity index (χ2n) is 6.66. The van der Waals surface area contributed by atoms with Crippen LogP contribution in [0.25, 0.3) is 0 Å². The van der Waals surface area contributed by atoms with Crippen LogP contribution in [0.3, 0.4) is 0 Å². The van der Waals surface area contributed by atoms with E-state index >= 15 is 0 Å². The molecule has 1 aliphatic carbocycles. The van der Waals surface area contributed by atoms with Crippen LogP contribution in [-0.2, 0) is 17.9 Å². The molecule has 27 heavy (non-hydrogen) atoms. The molecule has 1 N–H and O–H groups in total. The van der Waals surface area contributed by atoms with Gasteiger partial charge >= 0.3 is 0 Å². The molecule has 2 aromatic heterocycles. The molecule has 0 spiro atoms. The summed E-state index contributed by atoms with van der Waals surface area (Å²) in [5, 5.41) is 2.88. The molecule has 1 aliphatic rings. The molecule has 1 fully saturated rings. The highest BCUT2D eigenvalue weighted by Crippen LogP contribution is 2.30. The Bertz CT molecular complexity index is 875. The lowest BCUT2D eigenvalue weighted by Gasteiger charge is -2.21. The quantitative estimate of drug-likeness (QED) is 0.686. The van der Waals surface area contributed by atoms with Gasteiger partial charge in [0.15, 0.2) is 0 Å². The van der Waals surface area contributed by atoms with E-state index in [-0.39, 0.29) is 17.7 Å². The number of nitrogens with one attached hydrogen (secondary N) is 1. The molecule has 3 aromatic rings. The fraction of sp³-hybridized carbons (Fsp3) is 0.238. The number of amides is 2. The lowest BCUT2D eigenvalue weighted by molar-refractivity contribution is -0.117. The summed E-state index contributed by atoms with van der Waals surface area (Å²) in [7, 11) is 0. The van der Waals surface area contributed by atoms with Gasteiger partial charge in [-0.15, -0.1) is 0 Å². The second-order valence-corrected chi connectivity index (χ2v) is 6.66. The first-order valence-corrected chi connectivity index (χ1v) is 8.94. The number of hydrogen-bond donors (Lipinski definition) is 1. The van der Waals surface area contributed by atoms with Crippen molar-refractivity contribution in [2.24, 2.45) is 5.92 Å². The average Bonchev–Trinajstić information content (AvgIpc) is 3.17. The van der Waals surface area contributed by atoms with E-state index in [2.05, 4.69) is 5.32 Å². The van der Waals surface area contributed by atoms with Gasteiger partial charge in [-0.1, -0.05) is 6.07 Å². The maximum atomic E-state index is 13.1. The van der Waals surface area contributed by atoms with Gasteiger partial charge in [0.05, 0.1) is 25.6 Å². The SMILES string of the molecule is O=C(Nc1cccc(C(=O)N(Cc2ccco2)Cc2ccco2)c1)C1CC1. The molecular weight excluding hydrogens is 344 g/mol. The number of carbonyl (C=O) groups is 2. The molecule has 4 rings (SSSR count). The Hall–Kier alpha value is -3.28. The number of carbonyl (C=O) groups excluding carboxylic acids is 2. The van der Waals surface area contributed by atoms with Crippen molar-refractivity contribution in [3.8, 4) is 0 Å². The molecule has 0 atom stereocenters. The molecular formula is C21H20N2O4. The van der Waals surface area contributed by atoms with Crippen molar-refractivity contribution in [1.29, 1.82) is 0 Å². The zero-order valence-electron chi connectivity index (χ0n) is 14.8. The summed E-state index contributed by atoms with van der Waals surface area (Å²) in [5.74, 6) is 1.34. The van der Waals surface area contributed by atoms with Gasteiger partial charge in [0.2, 0.25) is 5.91 Å². The number of furan rings is 2. The van der Waals surface area contributed by atoms with E-state index in [4.69, 9.17) is 8.83 Å². The van der Waals surface area contributed by atoms with E-state index in [1.807, 2.05) is 12.1 Å². The molecule has 1 saturated carbocycles. The first-order valence-electron chi connectivity index (χ1n) is 8.94. The van der Waals surface area contributed by atoms with Crippen molar-refractivity contribution >= 4 is 17.5 Å². The van der Waals surface area contributed by atoms with Crippen molar-refractivity contribution in [3.63, 3.8) is 0 Å². The lowest BCUT2D eigenvalue weighted by Crippen LogP contribution is -2.30. The van der Waals surface area contributed by atoms with Crippen LogP contribution >= 0.6 is 0 Å². The minimum Gasteiger partial charge on any atom is -0.467 e. The predicted molar refractivity (Wildman–Crippen MR) is 98.8 cm³/mol. The number of benzene rings is 1. The maximum Gasteiger partial charge on any atom is 0.254 e. The summed E-state index contributed by atoms with van der Waals surface area (Å²) < 4.78 is 10.8. The highest BCUT2D eigenvalue weighted by molar-refractivity contribution is 5.98. The Balaban J connectivity index is 1.53. The van der Waals surface area contributed by atoms with Crippen LogP contribution in [0.1, 0.15) is 34.7 Å². The highest BCUT2D eigenvalue weighted by Gasteiger charge is 2.29. The second kappa shape index (κ2) is 7.53. The summed E-state index contributed by atoms with van der Waals surface area (Å²) in [5.41, 5.74) is 1.13. The molecule has 0 radical (unpaired) electrons. The van der Waals surface area contributed by atoms with Gasteiger partial charge in [0, 0.05) is 17.2 Å². The molecule has 2 heterocycles. The first-order chi connectivity index (χ1) is 13.2. The zero-order chi connectivity index (χ0) is 18.6. The van der Waals surface area contributed by atoms with Crippen LogP contribution in [0.2, 0.25) is 0 Å². The van der Waals surface area contributed by atoms with Crippen LogP contribution < -0.4 is 5.32 Å². The summed E-state index contributed by atoms with van der Waals surface area (Å²) >= 11 is 0. The molecule has 1 aromatic carbocycles. The van der Waals surface area contributed by atoms with E-state index in [9.17, 15) is 9.59 Å². The smallest absolute Gasteiger partial charge is 0.254 e. The largest absolute Gasteiger partial charge is 0.467 e. The predicted octanol–water partition coefficient (Wildman–Crippen LogP) is 4.06. The Morgan fingerprint density at radius 2 is 1.63 bits per heavy atom. The van der Waals surface area contributed by atoms with E-state index < -0.39 is 0 Å². The monoisotopic (exact) mass is 364 g/mol. The third-order valence-electron chi connectivity index (χ3n) is 4.47. The van der Waals surface area contributed by atoms with Crippen LogP contribution in [-0.4, -0.2) is 16.7 Å². The summed E-state index contributed by atoms with van der Waals surface area (Å²) in [6.45, 7) is 0.649. The fourth-order valence-corrected chi connectivity index (χ4v) is 2.88. The maximum absolute atomic E-state index is 13.1. The van der Waals surface area contributed by atoms with Crippen LogP contribution in [0.4, 0.5) is 5.69 Å². The number of hydrogen-bond acceptors (Lipinski definition) is 4. The van der Waals surface area contributed by atoms with Gasteiger partial charge in [0.25, 0.3) is 5.91 Å². The average molecular weight is 364 g/mol. The normalized spacial score (nSPS) is 13.3. The van der Waals surface area contributed by atoms with Crippen molar-refractivity contribution < 1.29 is 18.4 Å². The summed E-state index contributed by atoms with van der Waals surface area (Å²) in [6.07, 6.45) is 5.03. The molecule has 6 nitrogen and oxygen atoms in total.